The largest absolute Gasteiger partial charge is 0.574 e. The summed E-state index contributed by atoms with van der Waals surface area (Å²) in [5.41, 5.74) is 0. The Balaban J connectivity index is 2.38. The number of nitrogens with zero attached hydrogens (tertiary/aromatic N) is 1. The van der Waals surface area contributed by atoms with Gasteiger partial charge in [-0.15, -0.1) is 13.2 Å². The van der Waals surface area contributed by atoms with E-state index >= 15 is 0 Å². The van der Waals surface area contributed by atoms with Gasteiger partial charge in [0.2, 0.25) is 12.5 Å². The van der Waals surface area contributed by atoms with Gasteiger partial charge < -0.3 is 9.47 Å². The Labute approximate surface area is 54.4 Å². The van der Waals surface area contributed by atoms with Crippen molar-refractivity contribution in [1.29, 1.82) is 0 Å². The van der Waals surface area contributed by atoms with E-state index in [-0.39, 0.29) is 6.73 Å². The van der Waals surface area contributed by atoms with Crippen LogP contribution in [0.25, 0.3) is 0 Å². The molecule has 0 aliphatic carbocycles. The summed E-state index contributed by atoms with van der Waals surface area (Å²) in [4.78, 5) is 3.16. The van der Waals surface area contributed by atoms with Crippen LogP contribution >= 0.6 is 0 Å². The molecule has 0 spiro atoms. The number of aliphatic imine (C=N–C) groups is 1. The van der Waals surface area contributed by atoms with E-state index in [9.17, 15) is 13.2 Å². The minimum atomic E-state index is -4.71. The van der Waals surface area contributed by atoms with E-state index in [2.05, 4.69) is 14.5 Å². The van der Waals surface area contributed by atoms with Crippen molar-refractivity contribution in [1.82, 2.24) is 0 Å². The minimum absolute atomic E-state index is 0.161. The fourth-order valence-corrected chi connectivity index (χ4v) is 0.380. The predicted octanol–water partition coefficient (Wildman–Crippen LogP) is 0.948. The summed E-state index contributed by atoms with van der Waals surface area (Å²) in [7, 11) is 0. The van der Waals surface area contributed by atoms with Crippen molar-refractivity contribution < 1.29 is 22.6 Å². The summed E-state index contributed by atoms with van der Waals surface area (Å²) < 4.78 is 41.5. The second-order valence-electron chi connectivity index (χ2n) is 1.39. The monoisotopic (exact) mass is 153 g/mol. The lowest BCUT2D eigenvalue weighted by molar-refractivity contribution is -0.283. The van der Waals surface area contributed by atoms with Crippen molar-refractivity contribution in [3.63, 3.8) is 0 Å². The summed E-state index contributed by atoms with van der Waals surface area (Å²) in [5, 5.41) is 0. The van der Waals surface area contributed by atoms with Crippen LogP contribution in [0.1, 0.15) is 0 Å². The predicted molar refractivity (Wildman–Crippen MR) is 23.8 cm³/mol. The smallest absolute Gasteiger partial charge is 0.389 e. The molecular weight excluding hydrogens is 151 g/mol. The third-order valence-corrected chi connectivity index (χ3v) is 0.645. The van der Waals surface area contributed by atoms with Crippen LogP contribution in [-0.4, -0.2) is 19.0 Å². The third-order valence-electron chi connectivity index (χ3n) is 0.645. The van der Waals surface area contributed by atoms with E-state index in [0.717, 1.165) is 0 Å². The molecule has 6 heteroatoms. The van der Waals surface area contributed by atoms with E-state index in [1.54, 1.807) is 0 Å². The van der Waals surface area contributed by atoms with Crippen LogP contribution in [0.5, 0.6) is 0 Å². The van der Waals surface area contributed by atoms with Crippen LogP contribution in [0.3, 0.4) is 0 Å². The van der Waals surface area contributed by atoms with Gasteiger partial charge in [-0.2, -0.15) is 0 Å². The number of hydrogen-bond acceptors (Lipinski definition) is 3. The maximum atomic E-state index is 11.3. The number of ether oxygens (including phenoxy) is 2. The number of hydrogen-bond donors (Lipinski definition) is 0. The molecule has 3 nitrogen and oxygen atoms in total. The van der Waals surface area contributed by atoms with Crippen molar-refractivity contribution in [2.75, 3.05) is 6.73 Å². The molecule has 2 radical (unpaired) electrons. The summed E-state index contributed by atoms with van der Waals surface area (Å²) in [6.07, 6.45) is -4.71. The standard InChI is InChI=1S/C4H2F3NO2/c5-4(6,7)10-3-1-9-2-8-3/h2H2. The van der Waals surface area contributed by atoms with E-state index in [4.69, 9.17) is 0 Å². The van der Waals surface area contributed by atoms with Crippen LogP contribution < -0.4 is 0 Å². The highest BCUT2D eigenvalue weighted by molar-refractivity contribution is 5.84. The SMILES string of the molecule is FC(F)(F)OC1=NCO[C]1. The Morgan fingerprint density at radius 2 is 2.30 bits per heavy atom. The Morgan fingerprint density at radius 1 is 1.60 bits per heavy atom. The third kappa shape index (κ3) is 2.22. The Hall–Kier alpha value is -0.780. The molecule has 0 bridgehead atoms. The van der Waals surface area contributed by atoms with Crippen LogP contribution in [0, 0.1) is 6.61 Å². The van der Waals surface area contributed by atoms with E-state index in [0.29, 0.717) is 0 Å². The van der Waals surface area contributed by atoms with Crippen molar-refractivity contribution in [2.45, 2.75) is 6.36 Å². The molecule has 0 saturated carbocycles. The average Bonchev–Trinajstić information content (AvgIpc) is 2.12. The Morgan fingerprint density at radius 3 is 2.70 bits per heavy atom. The first-order chi connectivity index (χ1) is 4.58. The number of rotatable bonds is 0. The summed E-state index contributed by atoms with van der Waals surface area (Å²) >= 11 is 0. The van der Waals surface area contributed by atoms with Gasteiger partial charge in [0.1, 0.15) is 6.73 Å². The molecule has 0 saturated heterocycles. The van der Waals surface area contributed by atoms with Crippen molar-refractivity contribution in [3.8, 4) is 0 Å². The lowest BCUT2D eigenvalue weighted by atomic mass is 10.7. The molecule has 0 aromatic carbocycles. The van der Waals surface area contributed by atoms with Crippen molar-refractivity contribution >= 4 is 5.90 Å². The van der Waals surface area contributed by atoms with Crippen LogP contribution in [0.2, 0.25) is 0 Å². The molecule has 56 valence electrons. The molecule has 1 aliphatic heterocycles. The number of alkyl halides is 3. The molecule has 1 rings (SSSR count). The first-order valence-corrected chi connectivity index (χ1v) is 2.26. The molecule has 0 amide bonds. The normalized spacial score (nSPS) is 18.9. The zero-order valence-electron chi connectivity index (χ0n) is 4.60. The fourth-order valence-electron chi connectivity index (χ4n) is 0.380. The first kappa shape index (κ1) is 7.33. The van der Waals surface area contributed by atoms with E-state index < -0.39 is 12.3 Å². The van der Waals surface area contributed by atoms with Gasteiger partial charge >= 0.3 is 6.36 Å². The molecule has 1 heterocycles. The zero-order chi connectivity index (χ0) is 7.61. The first-order valence-electron chi connectivity index (χ1n) is 2.26. The van der Waals surface area contributed by atoms with E-state index in [1.807, 2.05) is 6.61 Å². The molecule has 0 aromatic rings. The second-order valence-corrected chi connectivity index (χ2v) is 1.39. The molecule has 0 N–H and O–H groups in total. The van der Waals surface area contributed by atoms with Gasteiger partial charge in [-0.3, -0.25) is 0 Å². The maximum absolute atomic E-state index is 11.3. The molecule has 0 fully saturated rings. The lowest BCUT2D eigenvalue weighted by Crippen LogP contribution is -2.18. The van der Waals surface area contributed by atoms with Gasteiger partial charge in [0.15, 0.2) is 0 Å². The molecule has 1 aliphatic rings. The Bertz CT molecular complexity index is 153. The fraction of sp³-hybridized carbons (Fsp3) is 0.500. The topological polar surface area (TPSA) is 30.8 Å². The highest BCUT2D eigenvalue weighted by Crippen LogP contribution is 2.18. The molecule has 10 heavy (non-hydrogen) atoms. The van der Waals surface area contributed by atoms with Crippen LogP contribution in [0.15, 0.2) is 4.99 Å². The second kappa shape index (κ2) is 2.45. The lowest BCUT2D eigenvalue weighted by Gasteiger charge is -2.04. The summed E-state index contributed by atoms with van der Waals surface area (Å²) in [6, 6.07) is 0. The molecular formula is C4H2F3NO2. The number of halogens is 3. The highest BCUT2D eigenvalue weighted by atomic mass is 19.4. The minimum Gasteiger partial charge on any atom is -0.389 e. The van der Waals surface area contributed by atoms with Crippen molar-refractivity contribution in [2.24, 2.45) is 4.99 Å². The summed E-state index contributed by atoms with van der Waals surface area (Å²) in [5.74, 6) is -0.660. The summed E-state index contributed by atoms with van der Waals surface area (Å²) in [6.45, 7) is 1.66. The van der Waals surface area contributed by atoms with Gasteiger partial charge in [0.25, 0.3) is 0 Å². The van der Waals surface area contributed by atoms with Gasteiger partial charge in [-0.1, -0.05) is 0 Å². The average molecular weight is 153 g/mol. The molecule has 0 unspecified atom stereocenters. The van der Waals surface area contributed by atoms with Crippen LogP contribution in [0.4, 0.5) is 13.2 Å². The zero-order valence-corrected chi connectivity index (χ0v) is 4.60. The highest BCUT2D eigenvalue weighted by Gasteiger charge is 2.34. The van der Waals surface area contributed by atoms with Gasteiger partial charge in [-0.05, 0) is 0 Å². The van der Waals surface area contributed by atoms with Gasteiger partial charge in [0, 0.05) is 0 Å². The Kier molecular flexibility index (Phi) is 1.80. The van der Waals surface area contributed by atoms with Crippen LogP contribution in [-0.2, 0) is 9.47 Å². The maximum Gasteiger partial charge on any atom is 0.574 e. The molecule has 0 aromatic heterocycles. The quantitative estimate of drug-likeness (QED) is 0.518. The van der Waals surface area contributed by atoms with E-state index in [1.165, 1.54) is 0 Å². The van der Waals surface area contributed by atoms with Crippen molar-refractivity contribution in [3.05, 3.63) is 6.61 Å². The van der Waals surface area contributed by atoms with Gasteiger partial charge in [0.05, 0.1) is 0 Å². The van der Waals surface area contributed by atoms with Gasteiger partial charge in [-0.25, -0.2) is 4.99 Å². The molecule has 0 atom stereocenters.